The van der Waals surface area contributed by atoms with Crippen molar-refractivity contribution in [2.45, 2.75) is 38.3 Å². The highest BCUT2D eigenvalue weighted by molar-refractivity contribution is 5.98. The Balaban J connectivity index is 1.55. The minimum Gasteiger partial charge on any atom is -0.497 e. The number of pyridine rings is 1. The number of likely N-dealkylation sites (N-methyl/N-ethyl adjacent to an activating group) is 1. The number of nitrogens with zero attached hydrogens (tertiary/aromatic N) is 2. The summed E-state index contributed by atoms with van der Waals surface area (Å²) in [6.45, 7) is 2.84. The van der Waals surface area contributed by atoms with Crippen molar-refractivity contribution >= 4 is 22.7 Å². The van der Waals surface area contributed by atoms with E-state index in [1.165, 1.54) is 10.5 Å². The highest BCUT2D eigenvalue weighted by Crippen LogP contribution is 2.44. The van der Waals surface area contributed by atoms with Gasteiger partial charge in [-0.2, -0.15) is 0 Å². The first-order valence-corrected chi connectivity index (χ1v) is 10.6. The number of allylic oxidation sites excluding steroid dienone is 1. The molecule has 4 heterocycles. The summed E-state index contributed by atoms with van der Waals surface area (Å²) in [5, 5.41) is 0.534. The SMILES string of the molecule is CC1=C(C/C=C\C[C@@H]2c3[nH]c4ccccc4c(=O)c3[C@@H]3C(=O)N(C)CC(=O)N23)OCC1. The first kappa shape index (κ1) is 19.6. The lowest BCUT2D eigenvalue weighted by atomic mass is 10.0. The fourth-order valence-corrected chi connectivity index (χ4v) is 4.86. The van der Waals surface area contributed by atoms with Crippen LogP contribution in [0.15, 0.2) is 52.5 Å². The molecule has 2 amide bonds. The Hall–Kier alpha value is -3.35. The quantitative estimate of drug-likeness (QED) is 0.773. The van der Waals surface area contributed by atoms with Crippen molar-refractivity contribution in [3.05, 3.63) is 69.2 Å². The van der Waals surface area contributed by atoms with Crippen molar-refractivity contribution in [1.82, 2.24) is 14.8 Å². The molecule has 0 saturated carbocycles. The molecule has 1 saturated heterocycles. The summed E-state index contributed by atoms with van der Waals surface area (Å²) in [6.07, 6.45) is 6.25. The zero-order valence-electron chi connectivity index (χ0n) is 17.7. The number of carbonyl (C=O) groups is 2. The molecule has 0 unspecified atom stereocenters. The predicted molar refractivity (Wildman–Crippen MR) is 116 cm³/mol. The molecule has 2 atom stereocenters. The molecule has 1 fully saturated rings. The van der Waals surface area contributed by atoms with E-state index in [9.17, 15) is 14.4 Å². The number of fused-ring (bicyclic) bond motifs is 4. The first-order valence-electron chi connectivity index (χ1n) is 10.6. The lowest BCUT2D eigenvalue weighted by Gasteiger charge is -2.37. The number of amides is 2. The molecule has 3 aliphatic rings. The van der Waals surface area contributed by atoms with Crippen molar-refractivity contribution in [3.8, 4) is 0 Å². The maximum absolute atomic E-state index is 13.4. The third kappa shape index (κ3) is 3.07. The van der Waals surface area contributed by atoms with E-state index in [4.69, 9.17) is 4.74 Å². The number of carbonyl (C=O) groups excluding carboxylic acids is 2. The monoisotopic (exact) mass is 419 g/mol. The topological polar surface area (TPSA) is 82.7 Å². The van der Waals surface area contributed by atoms with Crippen LogP contribution in [0.25, 0.3) is 10.9 Å². The summed E-state index contributed by atoms with van der Waals surface area (Å²) in [5.74, 6) is 0.649. The van der Waals surface area contributed by atoms with Crippen molar-refractivity contribution < 1.29 is 14.3 Å². The number of rotatable bonds is 4. The second-order valence-corrected chi connectivity index (χ2v) is 8.45. The highest BCUT2D eigenvalue weighted by atomic mass is 16.5. The van der Waals surface area contributed by atoms with Gasteiger partial charge in [-0.1, -0.05) is 24.3 Å². The lowest BCUT2D eigenvalue weighted by Crippen LogP contribution is -2.52. The van der Waals surface area contributed by atoms with Gasteiger partial charge in [-0.05, 0) is 31.1 Å². The van der Waals surface area contributed by atoms with Crippen molar-refractivity contribution in [3.63, 3.8) is 0 Å². The van der Waals surface area contributed by atoms with E-state index >= 15 is 0 Å². The van der Waals surface area contributed by atoms with E-state index in [-0.39, 0.29) is 29.8 Å². The van der Waals surface area contributed by atoms with Crippen LogP contribution in [0.4, 0.5) is 0 Å². The molecule has 0 bridgehead atoms. The number of hydrogen-bond acceptors (Lipinski definition) is 4. The third-order valence-corrected chi connectivity index (χ3v) is 6.53. The van der Waals surface area contributed by atoms with Crippen LogP contribution in [0.2, 0.25) is 0 Å². The summed E-state index contributed by atoms with van der Waals surface area (Å²) in [5.41, 5.74) is 2.88. The number of benzene rings is 1. The maximum Gasteiger partial charge on any atom is 0.250 e. The van der Waals surface area contributed by atoms with Crippen LogP contribution in [0.1, 0.15) is 49.5 Å². The number of ether oxygens (including phenoxy) is 1. The van der Waals surface area contributed by atoms with Gasteiger partial charge in [0.15, 0.2) is 5.43 Å². The Labute approximate surface area is 180 Å². The molecular weight excluding hydrogens is 394 g/mol. The minimum atomic E-state index is -0.865. The normalized spacial score (nSPS) is 23.2. The molecule has 3 aliphatic heterocycles. The molecule has 0 aliphatic carbocycles. The van der Waals surface area contributed by atoms with Gasteiger partial charge in [0, 0.05) is 36.5 Å². The highest BCUT2D eigenvalue weighted by Gasteiger charge is 2.50. The summed E-state index contributed by atoms with van der Waals surface area (Å²) in [4.78, 5) is 45.7. The number of para-hydroxylation sites is 1. The zero-order chi connectivity index (χ0) is 21.7. The van der Waals surface area contributed by atoms with Gasteiger partial charge in [-0.3, -0.25) is 14.4 Å². The van der Waals surface area contributed by atoms with E-state index in [0.717, 1.165) is 18.8 Å². The molecule has 7 heteroatoms. The largest absolute Gasteiger partial charge is 0.497 e. The molecule has 0 radical (unpaired) electrons. The van der Waals surface area contributed by atoms with Gasteiger partial charge in [0.05, 0.1) is 30.5 Å². The van der Waals surface area contributed by atoms with Crippen LogP contribution in [-0.2, 0) is 14.3 Å². The number of nitrogens with one attached hydrogen (secondary N) is 1. The molecule has 160 valence electrons. The first-order chi connectivity index (χ1) is 15.0. The van der Waals surface area contributed by atoms with E-state index in [1.807, 2.05) is 24.3 Å². The van der Waals surface area contributed by atoms with Gasteiger partial charge in [-0.25, -0.2) is 0 Å². The van der Waals surface area contributed by atoms with Crippen LogP contribution in [-0.4, -0.2) is 46.8 Å². The average molecular weight is 419 g/mol. The third-order valence-electron chi connectivity index (χ3n) is 6.53. The number of hydrogen-bond donors (Lipinski definition) is 1. The smallest absolute Gasteiger partial charge is 0.250 e. The summed E-state index contributed by atoms with van der Waals surface area (Å²) < 4.78 is 5.65. The van der Waals surface area contributed by atoms with E-state index in [2.05, 4.69) is 11.9 Å². The van der Waals surface area contributed by atoms with Gasteiger partial charge >= 0.3 is 0 Å². The number of aromatic amines is 1. The summed E-state index contributed by atoms with van der Waals surface area (Å²) in [7, 11) is 1.61. The Morgan fingerprint density at radius 2 is 2.00 bits per heavy atom. The molecular formula is C24H25N3O4. The van der Waals surface area contributed by atoms with Crippen molar-refractivity contribution in [2.24, 2.45) is 0 Å². The second-order valence-electron chi connectivity index (χ2n) is 8.45. The van der Waals surface area contributed by atoms with Crippen LogP contribution in [0.5, 0.6) is 0 Å². The Bertz CT molecular complexity index is 1210. The molecule has 5 rings (SSSR count). The number of H-pyrrole nitrogens is 1. The summed E-state index contributed by atoms with van der Waals surface area (Å²) in [6, 6.07) is 6.03. The number of piperazine rings is 1. The maximum atomic E-state index is 13.4. The Kier molecular flexibility index (Phi) is 4.68. The second kappa shape index (κ2) is 7.41. The van der Waals surface area contributed by atoms with Crippen molar-refractivity contribution in [2.75, 3.05) is 20.2 Å². The fourth-order valence-electron chi connectivity index (χ4n) is 4.86. The molecule has 31 heavy (non-hydrogen) atoms. The van der Waals surface area contributed by atoms with Gasteiger partial charge in [-0.15, -0.1) is 0 Å². The Morgan fingerprint density at radius 3 is 2.77 bits per heavy atom. The lowest BCUT2D eigenvalue weighted by molar-refractivity contribution is -0.156. The molecule has 7 nitrogen and oxygen atoms in total. The van der Waals surface area contributed by atoms with Gasteiger partial charge in [0.2, 0.25) is 11.8 Å². The average Bonchev–Trinajstić information content (AvgIpc) is 3.31. The predicted octanol–water partition coefficient (Wildman–Crippen LogP) is 2.96. The van der Waals surface area contributed by atoms with E-state index in [1.54, 1.807) is 24.1 Å². The summed E-state index contributed by atoms with van der Waals surface area (Å²) >= 11 is 0. The van der Waals surface area contributed by atoms with E-state index in [0.29, 0.717) is 35.0 Å². The number of aromatic nitrogens is 1. The fraction of sp³-hybridized carbons (Fsp3) is 0.375. The molecule has 1 N–H and O–H groups in total. The Morgan fingerprint density at radius 1 is 1.19 bits per heavy atom. The van der Waals surface area contributed by atoms with Crippen LogP contribution < -0.4 is 5.43 Å². The van der Waals surface area contributed by atoms with Gasteiger partial charge < -0.3 is 19.5 Å². The minimum absolute atomic E-state index is 0.0250. The molecule has 2 aromatic rings. The van der Waals surface area contributed by atoms with Crippen LogP contribution >= 0.6 is 0 Å². The van der Waals surface area contributed by atoms with Crippen LogP contribution in [0.3, 0.4) is 0 Å². The van der Waals surface area contributed by atoms with Crippen LogP contribution in [0, 0.1) is 0 Å². The van der Waals surface area contributed by atoms with Crippen molar-refractivity contribution in [1.29, 1.82) is 0 Å². The zero-order valence-corrected chi connectivity index (χ0v) is 17.7. The molecule has 0 spiro atoms. The molecule has 1 aromatic heterocycles. The van der Waals surface area contributed by atoms with E-state index < -0.39 is 6.04 Å². The van der Waals surface area contributed by atoms with Gasteiger partial charge in [0.25, 0.3) is 0 Å². The standard InChI is InChI=1S/C24H25N3O4/c1-14-11-12-31-18(14)10-6-5-9-17-21-20(22-24(30)26(2)13-19(28)27(17)22)23(29)15-7-3-4-8-16(15)25-21/h3-8,17,22H,9-13H2,1-2H3,(H,25,29)/b6-5-/t17-,22-/m1/s1. The molecule has 1 aromatic carbocycles. The van der Waals surface area contributed by atoms with Gasteiger partial charge in [0.1, 0.15) is 6.04 Å².